The Morgan fingerprint density at radius 2 is 1.83 bits per heavy atom. The first kappa shape index (κ1) is 19.3. The van der Waals surface area contributed by atoms with Crippen LogP contribution in [0.2, 0.25) is 0 Å². The van der Waals surface area contributed by atoms with Gasteiger partial charge in [0, 0.05) is 20.3 Å². The van der Waals surface area contributed by atoms with E-state index in [0.717, 1.165) is 0 Å². The average Bonchev–Trinajstić information content (AvgIpc) is 2.38. The van der Waals surface area contributed by atoms with Gasteiger partial charge in [0.15, 0.2) is 0 Å². The van der Waals surface area contributed by atoms with Gasteiger partial charge in [-0.2, -0.15) is 0 Å². The molecule has 1 fully saturated rings. The van der Waals surface area contributed by atoms with Gasteiger partial charge in [0.25, 0.3) is 5.79 Å². The van der Waals surface area contributed by atoms with E-state index in [1.54, 1.807) is 0 Å². The van der Waals surface area contributed by atoms with Crippen molar-refractivity contribution in [3.63, 3.8) is 0 Å². The zero-order valence-corrected chi connectivity index (χ0v) is 13.0. The zero-order valence-electron chi connectivity index (χ0n) is 13.0. The van der Waals surface area contributed by atoms with Crippen LogP contribution in [0.15, 0.2) is 0 Å². The Bertz CT molecular complexity index is 465. The number of hydrogen-bond donors (Lipinski definition) is 6. The van der Waals surface area contributed by atoms with E-state index < -0.39 is 60.4 Å². The van der Waals surface area contributed by atoms with Gasteiger partial charge in [-0.3, -0.25) is 9.59 Å². The highest BCUT2D eigenvalue weighted by Gasteiger charge is 2.53. The van der Waals surface area contributed by atoms with Crippen molar-refractivity contribution in [3.05, 3.63) is 0 Å². The van der Waals surface area contributed by atoms with Crippen molar-refractivity contribution >= 4 is 17.8 Å². The van der Waals surface area contributed by atoms with Crippen LogP contribution in [0.1, 0.15) is 27.2 Å². The maximum atomic E-state index is 11.3. The summed E-state index contributed by atoms with van der Waals surface area (Å²) in [6, 6.07) is -2.29. The fraction of sp³-hybridized carbons (Fsp3) is 0.769. The SMILES string of the molecule is CC(=O)N[C@H]1C([C@H](NC(C)=O)[C@@H](C)O)O[C@](O)(C(=O)O)C[C@H]1O. The molecule has 0 spiro atoms. The minimum absolute atomic E-state index is 0.532. The lowest BCUT2D eigenvalue weighted by Gasteiger charge is -2.45. The molecule has 1 aliphatic rings. The topological polar surface area (TPSA) is 165 Å². The molecule has 0 aliphatic carbocycles. The molecule has 10 heteroatoms. The number of aliphatic hydroxyl groups is 3. The van der Waals surface area contributed by atoms with E-state index in [1.807, 2.05) is 0 Å². The van der Waals surface area contributed by atoms with Gasteiger partial charge in [0.2, 0.25) is 11.8 Å². The summed E-state index contributed by atoms with van der Waals surface area (Å²) in [5, 5.41) is 43.8. The van der Waals surface area contributed by atoms with E-state index in [1.165, 1.54) is 20.8 Å². The molecule has 0 saturated carbocycles. The average molecular weight is 334 g/mol. The van der Waals surface area contributed by atoms with Gasteiger partial charge in [-0.1, -0.05) is 0 Å². The molecule has 0 aromatic carbocycles. The predicted molar refractivity (Wildman–Crippen MR) is 75.0 cm³/mol. The van der Waals surface area contributed by atoms with Crippen LogP contribution in [-0.4, -0.2) is 74.4 Å². The summed E-state index contributed by atoms with van der Waals surface area (Å²) in [5.41, 5.74) is 0. The van der Waals surface area contributed by atoms with E-state index in [0.29, 0.717) is 0 Å². The highest BCUT2D eigenvalue weighted by atomic mass is 16.7. The van der Waals surface area contributed by atoms with Crippen molar-refractivity contribution < 1.29 is 39.5 Å². The highest BCUT2D eigenvalue weighted by Crippen LogP contribution is 2.30. The molecule has 0 radical (unpaired) electrons. The Morgan fingerprint density at radius 1 is 1.26 bits per heavy atom. The summed E-state index contributed by atoms with van der Waals surface area (Å²) in [7, 11) is 0. The maximum absolute atomic E-state index is 11.3. The van der Waals surface area contributed by atoms with E-state index in [2.05, 4.69) is 10.6 Å². The molecule has 1 saturated heterocycles. The summed E-state index contributed by atoms with van der Waals surface area (Å²) >= 11 is 0. The monoisotopic (exact) mass is 334 g/mol. The molecular formula is C13H22N2O8. The van der Waals surface area contributed by atoms with Gasteiger partial charge in [-0.25, -0.2) is 4.79 Å². The van der Waals surface area contributed by atoms with Crippen LogP contribution in [0, 0.1) is 0 Å². The van der Waals surface area contributed by atoms with Crippen LogP contribution in [0.3, 0.4) is 0 Å². The van der Waals surface area contributed by atoms with Crippen LogP contribution in [0.4, 0.5) is 0 Å². The van der Waals surface area contributed by atoms with Gasteiger partial charge in [-0.05, 0) is 6.92 Å². The molecule has 1 heterocycles. The van der Waals surface area contributed by atoms with Crippen molar-refractivity contribution in [1.29, 1.82) is 0 Å². The molecule has 132 valence electrons. The number of carbonyl (C=O) groups is 3. The number of carboxylic acid groups (broad SMARTS) is 1. The van der Waals surface area contributed by atoms with Crippen molar-refractivity contribution in [2.75, 3.05) is 0 Å². The third-order valence-electron chi connectivity index (χ3n) is 3.53. The standard InChI is InChI=1S/C13H22N2O8/c1-5(16)9(14-6(2)17)11-10(15-7(3)18)8(19)4-13(22,23-11)12(20)21/h5,8-11,16,19,22H,4H2,1-3H3,(H,14,17)(H,15,18)(H,20,21)/t5-,8-,9-,10-,11?,13+/m1/s1. The largest absolute Gasteiger partial charge is 0.477 e. The van der Waals surface area contributed by atoms with Crippen LogP contribution in [0.25, 0.3) is 0 Å². The molecule has 0 aromatic rings. The molecule has 0 bridgehead atoms. The Balaban J connectivity index is 3.21. The number of carboxylic acids is 1. The van der Waals surface area contributed by atoms with Gasteiger partial charge < -0.3 is 35.8 Å². The van der Waals surface area contributed by atoms with Crippen LogP contribution in [0.5, 0.6) is 0 Å². The summed E-state index contributed by atoms with van der Waals surface area (Å²) < 4.78 is 5.15. The summed E-state index contributed by atoms with van der Waals surface area (Å²) in [5.74, 6) is -5.50. The predicted octanol–water partition coefficient (Wildman–Crippen LogP) is -2.70. The number of amides is 2. The second-order valence-corrected chi connectivity index (χ2v) is 5.64. The summed E-state index contributed by atoms with van der Waals surface area (Å²) in [4.78, 5) is 33.8. The number of aliphatic carboxylic acids is 1. The maximum Gasteiger partial charge on any atom is 0.364 e. The van der Waals surface area contributed by atoms with Gasteiger partial charge in [-0.15, -0.1) is 0 Å². The van der Waals surface area contributed by atoms with Crippen LogP contribution in [-0.2, 0) is 19.1 Å². The van der Waals surface area contributed by atoms with Crippen LogP contribution >= 0.6 is 0 Å². The molecule has 1 aliphatic heterocycles. The second-order valence-electron chi connectivity index (χ2n) is 5.64. The Kier molecular flexibility index (Phi) is 6.05. The summed E-state index contributed by atoms with van der Waals surface area (Å²) in [6.45, 7) is 3.67. The van der Waals surface area contributed by atoms with Crippen LogP contribution < -0.4 is 10.6 Å². The third kappa shape index (κ3) is 4.61. The van der Waals surface area contributed by atoms with Gasteiger partial charge >= 0.3 is 5.97 Å². The fourth-order valence-electron chi connectivity index (χ4n) is 2.54. The van der Waals surface area contributed by atoms with E-state index in [-0.39, 0.29) is 0 Å². The molecule has 6 N–H and O–H groups in total. The lowest BCUT2D eigenvalue weighted by Crippen LogP contribution is -2.69. The lowest BCUT2D eigenvalue weighted by molar-refractivity contribution is -0.283. The summed E-state index contributed by atoms with van der Waals surface area (Å²) in [6.07, 6.45) is -4.72. The Hall–Kier alpha value is -1.75. The third-order valence-corrected chi connectivity index (χ3v) is 3.53. The molecule has 6 atom stereocenters. The number of ether oxygens (including phenoxy) is 1. The van der Waals surface area contributed by atoms with Gasteiger partial charge in [0.1, 0.15) is 6.10 Å². The minimum atomic E-state index is -2.70. The van der Waals surface area contributed by atoms with Crippen molar-refractivity contribution in [2.24, 2.45) is 0 Å². The fourth-order valence-corrected chi connectivity index (χ4v) is 2.54. The first-order chi connectivity index (χ1) is 10.5. The number of carbonyl (C=O) groups excluding carboxylic acids is 2. The molecule has 0 aromatic heterocycles. The van der Waals surface area contributed by atoms with E-state index in [4.69, 9.17) is 9.84 Å². The Morgan fingerprint density at radius 3 is 2.22 bits per heavy atom. The Labute approximate surface area is 132 Å². The van der Waals surface area contributed by atoms with Crippen molar-refractivity contribution in [3.8, 4) is 0 Å². The zero-order chi connectivity index (χ0) is 17.9. The number of nitrogens with one attached hydrogen (secondary N) is 2. The quantitative estimate of drug-likeness (QED) is 0.316. The molecular weight excluding hydrogens is 312 g/mol. The smallest absolute Gasteiger partial charge is 0.364 e. The molecule has 10 nitrogen and oxygen atoms in total. The second kappa shape index (κ2) is 7.21. The highest BCUT2D eigenvalue weighted by molar-refractivity contribution is 5.76. The molecule has 1 rings (SSSR count). The molecule has 1 unspecified atom stereocenters. The molecule has 23 heavy (non-hydrogen) atoms. The number of hydrogen-bond acceptors (Lipinski definition) is 7. The normalized spacial score (nSPS) is 33.4. The van der Waals surface area contributed by atoms with E-state index >= 15 is 0 Å². The minimum Gasteiger partial charge on any atom is -0.477 e. The number of rotatable bonds is 5. The first-order valence-corrected chi connectivity index (χ1v) is 7.02. The first-order valence-electron chi connectivity index (χ1n) is 7.02. The number of aliphatic hydroxyl groups excluding tert-OH is 2. The van der Waals surface area contributed by atoms with Crippen molar-refractivity contribution in [2.45, 2.75) is 63.4 Å². The molecule has 2 amide bonds. The van der Waals surface area contributed by atoms with Crippen molar-refractivity contribution in [1.82, 2.24) is 10.6 Å². The van der Waals surface area contributed by atoms with Gasteiger partial charge in [0.05, 0.1) is 24.3 Å². The van der Waals surface area contributed by atoms with E-state index in [9.17, 15) is 29.7 Å². The lowest BCUT2D eigenvalue weighted by atomic mass is 9.87.